The van der Waals surface area contributed by atoms with Crippen LogP contribution < -0.4 is 10.6 Å². The number of morpholine rings is 1. The van der Waals surface area contributed by atoms with Gasteiger partial charge in [-0.05, 0) is 30.7 Å². The molecule has 0 saturated carbocycles. The van der Waals surface area contributed by atoms with Crippen molar-refractivity contribution in [2.45, 2.75) is 12.5 Å². The van der Waals surface area contributed by atoms with Crippen molar-refractivity contribution in [2.24, 2.45) is 0 Å². The van der Waals surface area contributed by atoms with E-state index in [1.54, 1.807) is 0 Å². The van der Waals surface area contributed by atoms with E-state index in [1.165, 1.54) is 12.1 Å². The lowest BCUT2D eigenvalue weighted by Gasteiger charge is -2.24. The summed E-state index contributed by atoms with van der Waals surface area (Å²) < 4.78 is 18.0. The van der Waals surface area contributed by atoms with Crippen molar-refractivity contribution in [3.63, 3.8) is 0 Å². The molecule has 1 unspecified atom stereocenters. The van der Waals surface area contributed by atoms with Gasteiger partial charge in [0.1, 0.15) is 5.82 Å². The quantitative estimate of drug-likeness (QED) is 0.749. The van der Waals surface area contributed by atoms with Gasteiger partial charge in [-0.3, -0.25) is 0 Å². The maximum atomic E-state index is 12.7. The fraction of sp³-hybridized carbons (Fsp3) is 0.538. The van der Waals surface area contributed by atoms with Crippen molar-refractivity contribution in [3.8, 4) is 0 Å². The molecule has 94 valence electrons. The van der Waals surface area contributed by atoms with Crippen LogP contribution >= 0.6 is 0 Å². The van der Waals surface area contributed by atoms with Gasteiger partial charge in [-0.1, -0.05) is 12.1 Å². The van der Waals surface area contributed by atoms with E-state index in [0.717, 1.165) is 44.8 Å². The average molecular weight is 238 g/mol. The number of rotatable bonds is 5. The molecule has 0 spiro atoms. The third-order valence-electron chi connectivity index (χ3n) is 2.89. The smallest absolute Gasteiger partial charge is 0.123 e. The first kappa shape index (κ1) is 12.5. The molecule has 1 aromatic rings. The predicted molar refractivity (Wildman–Crippen MR) is 65.6 cm³/mol. The van der Waals surface area contributed by atoms with Crippen molar-refractivity contribution >= 4 is 0 Å². The molecule has 0 bridgehead atoms. The SMILES string of the molecule is Fc1ccc(CCNCC2COCCN2)cc1. The molecule has 4 heteroatoms. The number of hydrogen-bond donors (Lipinski definition) is 2. The van der Waals surface area contributed by atoms with Gasteiger partial charge in [0.05, 0.1) is 13.2 Å². The zero-order valence-corrected chi connectivity index (χ0v) is 9.92. The molecule has 1 aliphatic heterocycles. The summed E-state index contributed by atoms with van der Waals surface area (Å²) in [6.07, 6.45) is 0.924. The second kappa shape index (κ2) is 6.69. The van der Waals surface area contributed by atoms with Crippen LogP contribution in [0.3, 0.4) is 0 Å². The van der Waals surface area contributed by atoms with Crippen molar-refractivity contribution in [3.05, 3.63) is 35.6 Å². The minimum absolute atomic E-state index is 0.176. The Bertz CT molecular complexity index is 323. The summed E-state index contributed by atoms with van der Waals surface area (Å²) in [6, 6.07) is 7.09. The first-order chi connectivity index (χ1) is 8.34. The fourth-order valence-electron chi connectivity index (χ4n) is 1.91. The maximum Gasteiger partial charge on any atom is 0.123 e. The Balaban J connectivity index is 1.60. The molecule has 1 aliphatic rings. The van der Waals surface area contributed by atoms with Crippen molar-refractivity contribution in [1.82, 2.24) is 10.6 Å². The number of nitrogens with one attached hydrogen (secondary N) is 2. The van der Waals surface area contributed by atoms with Gasteiger partial charge in [0.15, 0.2) is 0 Å². The van der Waals surface area contributed by atoms with Gasteiger partial charge in [-0.25, -0.2) is 4.39 Å². The van der Waals surface area contributed by atoms with Crippen LogP contribution in [0, 0.1) is 5.82 Å². The van der Waals surface area contributed by atoms with Gasteiger partial charge in [0.2, 0.25) is 0 Å². The molecule has 0 aliphatic carbocycles. The van der Waals surface area contributed by atoms with Gasteiger partial charge in [-0.15, -0.1) is 0 Å². The Morgan fingerprint density at radius 1 is 1.35 bits per heavy atom. The molecule has 0 amide bonds. The fourth-order valence-corrected chi connectivity index (χ4v) is 1.91. The van der Waals surface area contributed by atoms with E-state index in [2.05, 4.69) is 10.6 Å². The van der Waals surface area contributed by atoms with Crippen molar-refractivity contribution < 1.29 is 9.13 Å². The highest BCUT2D eigenvalue weighted by Gasteiger charge is 2.11. The van der Waals surface area contributed by atoms with Crippen LogP contribution in [-0.4, -0.2) is 38.9 Å². The lowest BCUT2D eigenvalue weighted by Crippen LogP contribution is -2.47. The van der Waals surface area contributed by atoms with Crippen molar-refractivity contribution in [2.75, 3.05) is 32.8 Å². The van der Waals surface area contributed by atoms with Gasteiger partial charge in [0.25, 0.3) is 0 Å². The Labute approximate surface area is 101 Å². The second-order valence-electron chi connectivity index (χ2n) is 4.31. The summed E-state index contributed by atoms with van der Waals surface area (Å²) in [6.45, 7) is 4.35. The molecule has 1 atom stereocenters. The minimum Gasteiger partial charge on any atom is -0.378 e. The average Bonchev–Trinajstić information content (AvgIpc) is 2.38. The first-order valence-electron chi connectivity index (χ1n) is 6.11. The minimum atomic E-state index is -0.176. The molecule has 1 fully saturated rings. The molecule has 0 radical (unpaired) electrons. The summed E-state index contributed by atoms with van der Waals surface area (Å²) in [7, 11) is 0. The van der Waals surface area contributed by atoms with Crippen LogP contribution in [-0.2, 0) is 11.2 Å². The lowest BCUT2D eigenvalue weighted by atomic mass is 10.1. The van der Waals surface area contributed by atoms with Gasteiger partial charge in [-0.2, -0.15) is 0 Å². The van der Waals surface area contributed by atoms with Crippen LogP contribution in [0.5, 0.6) is 0 Å². The van der Waals surface area contributed by atoms with E-state index in [0.29, 0.717) is 6.04 Å². The molecule has 2 rings (SSSR count). The monoisotopic (exact) mass is 238 g/mol. The van der Waals surface area contributed by atoms with E-state index in [-0.39, 0.29) is 5.82 Å². The third-order valence-corrected chi connectivity index (χ3v) is 2.89. The van der Waals surface area contributed by atoms with E-state index >= 15 is 0 Å². The number of benzene rings is 1. The predicted octanol–water partition coefficient (Wildman–Crippen LogP) is 0.946. The second-order valence-corrected chi connectivity index (χ2v) is 4.31. The number of hydrogen-bond acceptors (Lipinski definition) is 3. The molecule has 2 N–H and O–H groups in total. The zero-order valence-electron chi connectivity index (χ0n) is 9.92. The van der Waals surface area contributed by atoms with Crippen molar-refractivity contribution in [1.29, 1.82) is 0 Å². The number of halogens is 1. The van der Waals surface area contributed by atoms with Gasteiger partial charge in [0, 0.05) is 19.1 Å². The molecular formula is C13H19FN2O. The number of ether oxygens (including phenoxy) is 1. The highest BCUT2D eigenvalue weighted by atomic mass is 19.1. The van der Waals surface area contributed by atoms with Gasteiger partial charge < -0.3 is 15.4 Å². The highest BCUT2D eigenvalue weighted by molar-refractivity contribution is 5.16. The van der Waals surface area contributed by atoms with Crippen LogP contribution in [0.1, 0.15) is 5.56 Å². The Hall–Kier alpha value is -0.970. The Morgan fingerprint density at radius 3 is 2.88 bits per heavy atom. The molecule has 0 aromatic heterocycles. The first-order valence-corrected chi connectivity index (χ1v) is 6.11. The van der Waals surface area contributed by atoms with E-state index in [1.807, 2.05) is 12.1 Å². The Kier molecular flexibility index (Phi) is 4.91. The van der Waals surface area contributed by atoms with E-state index < -0.39 is 0 Å². The summed E-state index contributed by atoms with van der Waals surface area (Å²) in [5.41, 5.74) is 1.16. The molecule has 1 heterocycles. The van der Waals surface area contributed by atoms with Crippen LogP contribution in [0.2, 0.25) is 0 Å². The molecule has 1 aromatic carbocycles. The molecule has 3 nitrogen and oxygen atoms in total. The summed E-state index contributed by atoms with van der Waals surface area (Å²) in [5.74, 6) is -0.176. The van der Waals surface area contributed by atoms with Gasteiger partial charge >= 0.3 is 0 Å². The zero-order chi connectivity index (χ0) is 11.9. The third kappa shape index (κ3) is 4.42. The Morgan fingerprint density at radius 2 is 2.18 bits per heavy atom. The molecule has 17 heavy (non-hydrogen) atoms. The summed E-state index contributed by atoms with van der Waals surface area (Å²) >= 11 is 0. The largest absolute Gasteiger partial charge is 0.378 e. The van der Waals surface area contributed by atoms with Crippen LogP contribution in [0.15, 0.2) is 24.3 Å². The lowest BCUT2D eigenvalue weighted by molar-refractivity contribution is 0.0768. The molecule has 1 saturated heterocycles. The van der Waals surface area contributed by atoms with Crippen LogP contribution in [0.25, 0.3) is 0 Å². The normalized spacial score (nSPS) is 20.4. The van der Waals surface area contributed by atoms with E-state index in [9.17, 15) is 4.39 Å². The topological polar surface area (TPSA) is 33.3 Å². The van der Waals surface area contributed by atoms with E-state index in [4.69, 9.17) is 4.74 Å². The summed E-state index contributed by atoms with van der Waals surface area (Å²) in [5, 5.41) is 6.77. The highest BCUT2D eigenvalue weighted by Crippen LogP contribution is 2.02. The summed E-state index contributed by atoms with van der Waals surface area (Å²) in [4.78, 5) is 0. The maximum absolute atomic E-state index is 12.7. The standard InChI is InChI=1S/C13H19FN2O/c14-12-3-1-11(2-4-12)5-6-15-9-13-10-17-8-7-16-13/h1-4,13,15-16H,5-10H2. The van der Waals surface area contributed by atoms with Crippen LogP contribution in [0.4, 0.5) is 4.39 Å². The molecular weight excluding hydrogens is 219 g/mol.